The van der Waals surface area contributed by atoms with Crippen LogP contribution in [0.25, 0.3) is 54.6 Å². The first-order valence-corrected chi connectivity index (χ1v) is 12.4. The van der Waals surface area contributed by atoms with Crippen LogP contribution in [-0.4, -0.2) is 7.12 Å². The van der Waals surface area contributed by atoms with Crippen molar-refractivity contribution < 1.29 is 9.31 Å². The van der Waals surface area contributed by atoms with Crippen LogP contribution in [-0.2, 0) is 9.31 Å². The molecule has 174 valence electrons. The summed E-state index contributed by atoms with van der Waals surface area (Å²) < 4.78 is 11.5. The molecule has 2 nitrogen and oxygen atoms in total. The Morgan fingerprint density at radius 3 is 1.54 bits per heavy atom. The molecule has 0 radical (unpaired) electrons. The van der Waals surface area contributed by atoms with Gasteiger partial charge in [0, 0.05) is 5.46 Å². The van der Waals surface area contributed by atoms with Crippen molar-refractivity contribution in [3.63, 3.8) is 0 Å². The lowest BCUT2D eigenvalue weighted by molar-refractivity contribution is 0.431. The van der Waals surface area contributed by atoms with E-state index in [-0.39, 0.29) is 0 Å². The molecule has 0 saturated carbocycles. The van der Waals surface area contributed by atoms with E-state index in [1.54, 1.807) is 0 Å². The summed E-state index contributed by atoms with van der Waals surface area (Å²) in [4.78, 5) is 0. The van der Waals surface area contributed by atoms with E-state index in [1.165, 1.54) is 49.0 Å². The van der Waals surface area contributed by atoms with Crippen molar-refractivity contribution in [2.45, 2.75) is 0 Å². The second-order valence-corrected chi connectivity index (χ2v) is 9.40. The highest BCUT2D eigenvalue weighted by molar-refractivity contribution is 6.62. The first-order chi connectivity index (χ1) is 18.2. The van der Waals surface area contributed by atoms with Crippen molar-refractivity contribution in [1.82, 2.24) is 0 Å². The van der Waals surface area contributed by atoms with Crippen molar-refractivity contribution in [3.8, 4) is 22.3 Å². The minimum atomic E-state index is -0.503. The summed E-state index contributed by atoms with van der Waals surface area (Å²) in [6.07, 6.45) is 0. The van der Waals surface area contributed by atoms with Crippen molar-refractivity contribution in [3.05, 3.63) is 140 Å². The Kier molecular flexibility index (Phi) is 4.90. The van der Waals surface area contributed by atoms with Crippen molar-refractivity contribution in [2.24, 2.45) is 0 Å². The molecule has 0 spiro atoms. The summed E-state index contributed by atoms with van der Waals surface area (Å²) in [5.41, 5.74) is 5.83. The van der Waals surface area contributed by atoms with E-state index in [1.807, 2.05) is 0 Å². The zero-order valence-corrected chi connectivity index (χ0v) is 20.3. The number of hydrogen-bond donors (Lipinski definition) is 0. The van der Waals surface area contributed by atoms with Crippen LogP contribution in [0.2, 0.25) is 0 Å². The predicted molar refractivity (Wildman–Crippen MR) is 156 cm³/mol. The number of hydrogen-bond acceptors (Lipinski definition) is 2. The zero-order valence-electron chi connectivity index (χ0n) is 20.3. The van der Waals surface area contributed by atoms with Gasteiger partial charge in [0.1, 0.15) is 11.5 Å². The van der Waals surface area contributed by atoms with Crippen LogP contribution in [0.1, 0.15) is 0 Å². The molecule has 0 aliphatic carbocycles. The molecule has 1 fully saturated rings. The van der Waals surface area contributed by atoms with E-state index in [2.05, 4.69) is 128 Å². The molecular weight excluding hydrogens is 451 g/mol. The molecule has 7 rings (SSSR count). The number of benzene rings is 6. The van der Waals surface area contributed by atoms with E-state index >= 15 is 0 Å². The molecule has 0 unspecified atom stereocenters. The Morgan fingerprint density at radius 1 is 0.459 bits per heavy atom. The van der Waals surface area contributed by atoms with E-state index in [0.717, 1.165) is 11.0 Å². The lowest BCUT2D eigenvalue weighted by Crippen LogP contribution is -2.30. The minimum absolute atomic E-state index is 0.482. The van der Waals surface area contributed by atoms with Gasteiger partial charge in [-0.15, -0.1) is 0 Å². The van der Waals surface area contributed by atoms with Crippen LogP contribution in [0.3, 0.4) is 0 Å². The fraction of sp³-hybridized carbons (Fsp3) is 0. The van der Waals surface area contributed by atoms with E-state index in [9.17, 15) is 0 Å². The van der Waals surface area contributed by atoms with Crippen molar-refractivity contribution >= 4 is 44.9 Å². The maximum atomic E-state index is 5.73. The molecule has 0 amide bonds. The fourth-order valence-corrected chi connectivity index (χ4v) is 5.53. The maximum Gasteiger partial charge on any atom is 0.632 e. The molecule has 0 N–H and O–H groups in total. The van der Waals surface area contributed by atoms with Gasteiger partial charge in [0.25, 0.3) is 0 Å². The molecular formula is C34H23BO2. The predicted octanol–water partition coefficient (Wildman–Crippen LogP) is 8.25. The second-order valence-electron chi connectivity index (χ2n) is 9.40. The van der Waals surface area contributed by atoms with E-state index < -0.39 is 7.12 Å². The van der Waals surface area contributed by atoms with Gasteiger partial charge < -0.3 is 9.31 Å². The first kappa shape index (κ1) is 21.5. The highest BCUT2D eigenvalue weighted by Gasteiger charge is 2.34. The van der Waals surface area contributed by atoms with Gasteiger partial charge in [-0.25, -0.2) is 0 Å². The maximum absolute atomic E-state index is 5.73. The van der Waals surface area contributed by atoms with E-state index in [4.69, 9.17) is 9.31 Å². The smallest absolute Gasteiger partial charge is 0.520 e. The van der Waals surface area contributed by atoms with Gasteiger partial charge in [0.05, 0.1) is 0 Å². The topological polar surface area (TPSA) is 18.5 Å². The van der Waals surface area contributed by atoms with Crippen LogP contribution in [0, 0.1) is 0 Å². The van der Waals surface area contributed by atoms with Crippen LogP contribution in [0.15, 0.2) is 140 Å². The van der Waals surface area contributed by atoms with Gasteiger partial charge in [-0.2, -0.15) is 0 Å². The lowest BCUT2D eigenvalue weighted by Gasteiger charge is -2.19. The Bertz CT molecular complexity index is 1790. The molecule has 37 heavy (non-hydrogen) atoms. The normalized spacial score (nSPS) is 13.4. The van der Waals surface area contributed by atoms with Crippen molar-refractivity contribution in [2.75, 3.05) is 0 Å². The summed E-state index contributed by atoms with van der Waals surface area (Å²) in [6, 6.07) is 41.1. The van der Waals surface area contributed by atoms with Gasteiger partial charge in [-0.1, -0.05) is 128 Å². The lowest BCUT2D eigenvalue weighted by atomic mass is 9.78. The van der Waals surface area contributed by atoms with Crippen molar-refractivity contribution in [1.29, 1.82) is 0 Å². The third kappa shape index (κ3) is 3.43. The summed E-state index contributed by atoms with van der Waals surface area (Å²) in [5.74, 6) is 0.963. The third-order valence-electron chi connectivity index (χ3n) is 7.27. The van der Waals surface area contributed by atoms with Crippen LogP contribution in [0.4, 0.5) is 0 Å². The molecule has 0 aromatic heterocycles. The van der Waals surface area contributed by atoms with Crippen LogP contribution in [0.5, 0.6) is 0 Å². The fourth-order valence-electron chi connectivity index (χ4n) is 5.53. The molecule has 1 heterocycles. The summed E-state index contributed by atoms with van der Waals surface area (Å²) >= 11 is 0. The quantitative estimate of drug-likeness (QED) is 0.190. The van der Waals surface area contributed by atoms with Gasteiger partial charge in [-0.3, -0.25) is 0 Å². The highest BCUT2D eigenvalue weighted by Crippen LogP contribution is 2.45. The zero-order chi connectivity index (χ0) is 24.9. The molecule has 1 saturated heterocycles. The molecule has 0 atom stereocenters. The highest BCUT2D eigenvalue weighted by atomic mass is 16.6. The standard InChI is InChI=1S/C34H23BO2/c1-22-23(2)37-35(36-22)26-20-18-25(19-21-26)33-29-13-5-7-15-31(29)34(32-16-8-6-14-30(32)33)28-17-9-11-24-10-3-4-12-27(24)28/h3-21H,1-2H2. The molecule has 1 aliphatic heterocycles. The molecule has 0 bridgehead atoms. The third-order valence-corrected chi connectivity index (χ3v) is 7.27. The second kappa shape index (κ2) is 8.42. The SMILES string of the molecule is C=C1OB(c2ccc(-c3c4ccccc4c(-c4cccc5ccccc45)c4ccccc34)cc2)OC1=C. The van der Waals surface area contributed by atoms with Gasteiger partial charge in [0.2, 0.25) is 0 Å². The minimum Gasteiger partial charge on any atom is -0.520 e. The summed E-state index contributed by atoms with van der Waals surface area (Å²) in [6.45, 7) is 7.70. The van der Waals surface area contributed by atoms with Gasteiger partial charge >= 0.3 is 7.12 Å². The number of fused-ring (bicyclic) bond motifs is 3. The average Bonchev–Trinajstić information content (AvgIpc) is 3.29. The van der Waals surface area contributed by atoms with Crippen LogP contribution >= 0.6 is 0 Å². The van der Waals surface area contributed by atoms with E-state index in [0.29, 0.717) is 11.5 Å². The molecule has 6 aromatic carbocycles. The molecule has 6 aromatic rings. The average molecular weight is 474 g/mol. The Labute approximate surface area is 216 Å². The Morgan fingerprint density at radius 2 is 0.946 bits per heavy atom. The monoisotopic (exact) mass is 474 g/mol. The summed E-state index contributed by atoms with van der Waals surface area (Å²) in [7, 11) is -0.503. The number of rotatable bonds is 3. The van der Waals surface area contributed by atoms with Gasteiger partial charge in [-0.05, 0) is 54.6 Å². The Balaban J connectivity index is 1.49. The molecule has 1 aliphatic rings. The van der Waals surface area contributed by atoms with Crippen LogP contribution < -0.4 is 5.46 Å². The molecule has 3 heteroatoms. The Hall–Kier alpha value is -4.76. The summed E-state index contributed by atoms with van der Waals surface area (Å²) in [5, 5.41) is 7.45. The largest absolute Gasteiger partial charge is 0.632 e. The first-order valence-electron chi connectivity index (χ1n) is 12.4. The van der Waals surface area contributed by atoms with Gasteiger partial charge in [0.15, 0.2) is 0 Å².